The minimum atomic E-state index is -0.970. The first-order chi connectivity index (χ1) is 68.2. The van der Waals surface area contributed by atoms with Gasteiger partial charge in [-0.2, -0.15) is 35.3 Å². The predicted octanol–water partition coefficient (Wildman–Crippen LogP) is 6.75. The number of imide groups is 1. The Labute approximate surface area is 867 Å². The van der Waals surface area contributed by atoms with Crippen LogP contribution in [0.4, 0.5) is 0 Å². The first-order valence-corrected chi connectivity index (χ1v) is 55.0. The third kappa shape index (κ3) is 53.3. The van der Waals surface area contributed by atoms with Crippen molar-refractivity contribution in [2.45, 2.75) is 309 Å². The summed E-state index contributed by atoms with van der Waals surface area (Å²) in [7, 11) is 14.5. The Morgan fingerprint density at radius 1 is 0.545 bits per heavy atom. The van der Waals surface area contributed by atoms with E-state index < -0.39 is 103 Å². The molecule has 19 atom stereocenters. The summed E-state index contributed by atoms with van der Waals surface area (Å²) in [6.07, 6.45) is 5.39. The Balaban J connectivity index is 0.00000129. The lowest BCUT2D eigenvalue weighted by molar-refractivity contribution is -0.181. The second-order valence-corrected chi connectivity index (χ2v) is 41.2. The van der Waals surface area contributed by atoms with Gasteiger partial charge in [0.05, 0.1) is 125 Å². The number of ketones is 1. The second-order valence-electron chi connectivity index (χ2n) is 36.5. The smallest absolute Gasteiger partial charge is 0.328 e. The number of benzene rings is 1. The third-order valence-corrected chi connectivity index (χ3v) is 29.2. The second kappa shape index (κ2) is 79.1. The molecule has 3 aliphatic rings. The van der Waals surface area contributed by atoms with Crippen molar-refractivity contribution >= 4 is 118 Å². The molecule has 0 bridgehead atoms. The average Bonchev–Trinajstić information content (AvgIpc) is 1.79. The number of nitrogens with zero attached hydrogens (tertiary/aromatic N) is 4. The van der Waals surface area contributed by atoms with E-state index in [-0.39, 0.29) is 192 Å². The van der Waals surface area contributed by atoms with E-state index in [1.54, 1.807) is 42.6 Å². The highest BCUT2D eigenvalue weighted by Crippen LogP contribution is 2.35. The number of carboxylic acids is 1. The zero-order valence-electron chi connectivity index (χ0n) is 89.2. The summed E-state index contributed by atoms with van der Waals surface area (Å²) < 4.78 is 65.4. The molecule has 1 saturated carbocycles. The van der Waals surface area contributed by atoms with Crippen LogP contribution in [0.2, 0.25) is 0 Å². The van der Waals surface area contributed by atoms with Crippen molar-refractivity contribution < 1.29 is 145 Å². The number of carboxylic acid groups (broad SMARTS) is 1. The van der Waals surface area contributed by atoms with Gasteiger partial charge in [-0.3, -0.25) is 62.5 Å². The first kappa shape index (κ1) is 135. The van der Waals surface area contributed by atoms with Crippen LogP contribution < -0.4 is 26.6 Å². The highest BCUT2D eigenvalue weighted by atomic mass is 32.2. The number of aliphatic hydroxyl groups is 5. The van der Waals surface area contributed by atoms with Crippen molar-refractivity contribution in [1.29, 1.82) is 0 Å². The molecule has 4 rings (SSSR count). The highest BCUT2D eigenvalue weighted by Gasteiger charge is 2.45. The summed E-state index contributed by atoms with van der Waals surface area (Å²) in [5.74, 6) is -0.124. The van der Waals surface area contributed by atoms with Gasteiger partial charge in [0.2, 0.25) is 53.2 Å². The number of thioether (sulfide) groups is 4. The minimum absolute atomic E-state index is 0.0109. The largest absolute Gasteiger partial charge is 0.481 e. The van der Waals surface area contributed by atoms with Crippen LogP contribution in [0.1, 0.15) is 205 Å². The van der Waals surface area contributed by atoms with Gasteiger partial charge in [0.1, 0.15) is 30.5 Å². The Bertz CT molecular complexity index is 3650. The number of esters is 1. The molecule has 0 radical (unpaired) electrons. The number of ether oxygens (including phenoxy) is 12. The number of carbonyl (C=O) groups is 12. The van der Waals surface area contributed by atoms with Gasteiger partial charge in [-0.25, -0.2) is 4.79 Å². The van der Waals surface area contributed by atoms with Crippen molar-refractivity contribution in [3.8, 4) is 0 Å². The number of hydrogen-bond donors (Lipinski definition) is 11. The quantitative estimate of drug-likeness (QED) is 0.0139. The maximum absolute atomic E-state index is 14.5. The summed E-state index contributed by atoms with van der Waals surface area (Å²) in [6, 6.07) is 5.22. The molecule has 0 spiro atoms. The summed E-state index contributed by atoms with van der Waals surface area (Å²) >= 11 is 5.90. The number of rotatable bonds is 73. The zero-order valence-corrected chi connectivity index (χ0v) is 92.5. The molecule has 11 N–H and O–H groups in total. The van der Waals surface area contributed by atoms with Crippen LogP contribution >= 0.6 is 47.0 Å². The van der Waals surface area contributed by atoms with Gasteiger partial charge in [0.15, 0.2) is 25.2 Å². The normalized spacial score (nSPS) is 18.9. The molecule has 3 fully saturated rings. The number of amides is 9. The third-order valence-electron chi connectivity index (χ3n) is 25.0. The maximum Gasteiger partial charge on any atom is 0.328 e. The zero-order chi connectivity index (χ0) is 108. The van der Waals surface area contributed by atoms with Crippen molar-refractivity contribution in [2.24, 2.45) is 35.5 Å². The fraction of sp³-hybridized carbons (Fsp3) is 0.820. The lowest BCUT2D eigenvalue weighted by Gasteiger charge is -2.41. The SMILES string of the molecule is CCC(=O)C1CCC(CN2C(=O)CC(SCCNC(=O)CCSCC(OC)OC(CC)CO)C2=O)CC1.CCC(CO)OC(CO)OC.CCC(CO)OC(CSCCC(=O)N[C@@H](C)C(=O)OCCOCCNC(=O)[C@H](Cc1ccccc1)NC(=O)[C@H](C)[C@@H](OC)[C@@H]1CCCN1C(=O)C[C@@H](OC)C([C@@H](C)CC)N(C)C(=O)[C@@H](NC(=O)[C@H](C(C)C)N(C)C)C(C)C)OC.CCC(CO)OC(CSCCC(=O)O)OC. The minimum Gasteiger partial charge on any atom is -0.481 e. The van der Waals surface area contributed by atoms with Crippen molar-refractivity contribution in [3.63, 3.8) is 0 Å². The lowest BCUT2D eigenvalue weighted by Crippen LogP contribution is -2.59. The maximum atomic E-state index is 14.5. The van der Waals surface area contributed by atoms with Gasteiger partial charge in [-0.15, -0.1) is 11.8 Å². The van der Waals surface area contributed by atoms with Gasteiger partial charge in [0.25, 0.3) is 0 Å². The molecule has 39 nitrogen and oxygen atoms in total. The number of hydrogen-bond acceptors (Lipinski definition) is 34. The van der Waals surface area contributed by atoms with Gasteiger partial charge >= 0.3 is 11.9 Å². The predicted molar refractivity (Wildman–Crippen MR) is 554 cm³/mol. The van der Waals surface area contributed by atoms with Crippen molar-refractivity contribution in [2.75, 3.05) is 183 Å². The van der Waals surface area contributed by atoms with E-state index in [1.165, 1.54) is 82.7 Å². The van der Waals surface area contributed by atoms with Crippen LogP contribution in [-0.4, -0.2) is 408 Å². The van der Waals surface area contributed by atoms with Gasteiger partial charge < -0.3 is 124 Å². The molecule has 2 saturated heterocycles. The van der Waals surface area contributed by atoms with E-state index >= 15 is 0 Å². The van der Waals surface area contributed by atoms with E-state index in [0.717, 1.165) is 37.7 Å². The average molecular weight is 2120 g/mol. The van der Waals surface area contributed by atoms with Crippen LogP contribution in [-0.2, 0) is 121 Å². The Morgan fingerprint density at radius 2 is 1.07 bits per heavy atom. The van der Waals surface area contributed by atoms with Crippen molar-refractivity contribution in [1.82, 2.24) is 46.2 Å². The number of likely N-dealkylation sites (N-methyl/N-ethyl adjacent to an activating group) is 2. The Hall–Kier alpha value is -6.02. The number of Topliss-reactive ketones (excluding diaryl/α,β-unsaturated/α-hetero) is 1. The van der Waals surface area contributed by atoms with Gasteiger partial charge in [0, 0.05) is 154 Å². The molecule has 828 valence electrons. The molecule has 9 amide bonds. The van der Waals surface area contributed by atoms with Crippen LogP contribution in [0.3, 0.4) is 0 Å². The van der Waals surface area contributed by atoms with E-state index in [1.807, 2.05) is 125 Å². The lowest BCUT2D eigenvalue weighted by atomic mass is 9.79. The number of aliphatic carboxylic acids is 1. The fourth-order valence-electron chi connectivity index (χ4n) is 16.2. The number of methoxy groups -OCH3 is 6. The highest BCUT2D eigenvalue weighted by molar-refractivity contribution is 8.00. The van der Waals surface area contributed by atoms with E-state index in [0.29, 0.717) is 117 Å². The van der Waals surface area contributed by atoms with Gasteiger partial charge in [-0.05, 0) is 114 Å². The molecular formula is C100H179N9O30S4. The van der Waals surface area contributed by atoms with Crippen molar-refractivity contribution in [3.05, 3.63) is 35.9 Å². The molecule has 43 heteroatoms. The summed E-state index contributed by atoms with van der Waals surface area (Å²) in [5, 5.41) is 67.3. The van der Waals surface area contributed by atoms with E-state index in [4.69, 9.17) is 77.3 Å². The molecule has 1 aromatic carbocycles. The molecular weight excluding hydrogens is 1940 g/mol. The number of nitrogens with one attached hydrogen (secondary N) is 5. The van der Waals surface area contributed by atoms with Gasteiger partial charge in [-0.1, -0.05) is 120 Å². The Kier molecular flexibility index (Phi) is 74.7. The fourth-order valence-corrected chi connectivity index (χ4v) is 20.0. The molecule has 2 aliphatic heterocycles. The van der Waals surface area contributed by atoms with Crippen LogP contribution in [0, 0.1) is 35.5 Å². The van der Waals surface area contributed by atoms with Crippen LogP contribution in [0.5, 0.6) is 0 Å². The Morgan fingerprint density at radius 3 is 1.53 bits per heavy atom. The topological polar surface area (TPSA) is 510 Å². The van der Waals surface area contributed by atoms with E-state index in [9.17, 15) is 67.7 Å². The molecule has 143 heavy (non-hydrogen) atoms. The summed E-state index contributed by atoms with van der Waals surface area (Å²) in [4.78, 5) is 162. The summed E-state index contributed by atoms with van der Waals surface area (Å²) in [6.45, 7) is 25.6. The number of carbonyl (C=O) groups excluding carboxylic acids is 11. The number of aliphatic hydroxyl groups excluding tert-OH is 5. The molecule has 2 heterocycles. The number of likely N-dealkylation sites (tertiary alicyclic amines) is 2. The summed E-state index contributed by atoms with van der Waals surface area (Å²) in [5.41, 5.74) is 0.823. The first-order valence-electron chi connectivity index (χ1n) is 50.5. The van der Waals surface area contributed by atoms with E-state index in [2.05, 4.69) is 26.6 Å². The van der Waals surface area contributed by atoms with Crippen LogP contribution in [0.15, 0.2) is 30.3 Å². The molecule has 0 aromatic heterocycles. The molecule has 1 aromatic rings. The standard InChI is InChI=1S/C57H99N7O14S.C26H44N2O7S2.C10H20O5S.C7H16O4/c1-16-38(7)51(63(12)56(71)49(36(3)4)61-55(70)50(37(5)6)62(10)11)45(73-13)33-47(67)64-27-21-24-44(64)52(75-15)39(8)53(68)60-43(32-41-22-19-18-20-23-41)54(69)58-26-28-76-29-30-77-57(72)40(9)59-46(66)25-31-79-35-48(74-14)78-42(17-2)34-65;1-4-20(16-29)35-25(34-3)17-36-12-10-23(31)27-11-13-37-22-14-24(32)28(26(22)33)15-18-6-8-19(9-7-18)21(30)5-2;1-3-8(6-11)15-10(14-2)7-16-5-4-9(12)13;1-3-6(4-8)11-7(5-9)10-2/h18-20,22-23,36-40,42-45,48-52,65H,16-17,21,24-35H2,1-15H3,(H,58,69)(H,59,66)(H,60,68)(H,61,70);18-20,22,25,29H,4-17H2,1-3H3,(H,27,31);8,10-11H,3-7H2,1-2H3,(H,12,13);6-9H,3-5H2,1-2H3/t38-,39+,40-,42?,43-,44-,45+,48?,49-,50-,51?,52+;;;/m0.../s1. The van der Waals surface area contributed by atoms with Crippen LogP contribution in [0.25, 0.3) is 0 Å². The molecule has 10 unspecified atom stereocenters. The molecule has 1 aliphatic carbocycles. The monoisotopic (exact) mass is 2110 g/mol.